The maximum Gasteiger partial charge on any atom is 0.335 e. The number of aromatic carboxylic acids is 1. The third kappa shape index (κ3) is 8.36. The molecule has 5 aromatic carbocycles. The summed E-state index contributed by atoms with van der Waals surface area (Å²) in [6.07, 6.45) is 8.18. The van der Waals surface area contributed by atoms with E-state index in [-0.39, 0.29) is 5.56 Å². The summed E-state index contributed by atoms with van der Waals surface area (Å²) in [4.78, 5) is 28.9. The second kappa shape index (κ2) is 16.8. The van der Waals surface area contributed by atoms with E-state index in [4.69, 9.17) is 15.1 Å². The van der Waals surface area contributed by atoms with Gasteiger partial charge in [0.2, 0.25) is 0 Å². The molecule has 3 aromatic heterocycles. The highest BCUT2D eigenvalue weighted by atomic mass is 16.4. The van der Waals surface area contributed by atoms with E-state index in [1.54, 1.807) is 24.3 Å². The summed E-state index contributed by atoms with van der Waals surface area (Å²) in [6.45, 7) is 0. The number of carboxylic acid groups (broad SMARTS) is 1. The van der Waals surface area contributed by atoms with E-state index in [0.29, 0.717) is 0 Å². The fraction of sp³-hybridized carbons (Fsp3) is 0. The van der Waals surface area contributed by atoms with Crippen LogP contribution in [0.15, 0.2) is 164 Å². The van der Waals surface area contributed by atoms with Gasteiger partial charge in [-0.1, -0.05) is 96.2 Å². The first kappa shape index (κ1) is 38.1. The van der Waals surface area contributed by atoms with Crippen molar-refractivity contribution in [2.24, 2.45) is 0 Å². The number of rotatable bonds is 3. The fourth-order valence-corrected chi connectivity index (χ4v) is 7.48. The summed E-state index contributed by atoms with van der Waals surface area (Å²) in [7, 11) is 0. The molecule has 8 bridgehead atoms. The van der Waals surface area contributed by atoms with Crippen molar-refractivity contribution in [3.63, 3.8) is 0 Å². The van der Waals surface area contributed by atoms with E-state index < -0.39 is 5.97 Å². The summed E-state index contributed by atoms with van der Waals surface area (Å²) in [5, 5.41) is 9.12. The van der Waals surface area contributed by atoms with Crippen LogP contribution in [-0.2, 0) is 0 Å². The van der Waals surface area contributed by atoms with Gasteiger partial charge in [-0.05, 0) is 139 Å². The number of H-pyrrole nitrogens is 2. The van der Waals surface area contributed by atoms with E-state index in [2.05, 4.69) is 112 Å². The molecule has 0 unspecified atom stereocenters. The zero-order valence-corrected chi connectivity index (χ0v) is 33.6. The molecule has 0 aliphatic carbocycles. The predicted molar refractivity (Wildman–Crippen MR) is 254 cm³/mol. The largest absolute Gasteiger partial charge is 0.478 e. The van der Waals surface area contributed by atoms with Gasteiger partial charge in [-0.25, -0.2) is 14.8 Å². The first-order valence-electron chi connectivity index (χ1n) is 20.3. The summed E-state index contributed by atoms with van der Waals surface area (Å²) in [5.41, 5.74) is 16.2. The first-order chi connectivity index (χ1) is 31.0. The number of nitrogens with zero attached hydrogens (tertiary/aromatic N) is 2. The standard InChI is InChI=1S/C57H34N4O2/c62-57(63)45-26-23-42(24-27-45)22-19-39-14-11-38(12-15-39)13-16-40-17-20-41(21-18-40)25-30-48-49-33-35-53(60-49)55(43-7-3-1-4-8-43)51-31-28-46(58-51)37-47-29-32-52(59-47)56(44-9-5-2-6-10-44)54-36-34-50(48)61-54/h1-12,14-15,17-18,20-21,23-24,26-29,31-37,58-59H,(H,62,63). The minimum absolute atomic E-state index is 0.233. The molecule has 0 radical (unpaired) electrons. The highest BCUT2D eigenvalue weighted by Crippen LogP contribution is 2.33. The van der Waals surface area contributed by atoms with Crippen molar-refractivity contribution < 1.29 is 9.90 Å². The van der Waals surface area contributed by atoms with Gasteiger partial charge >= 0.3 is 5.97 Å². The second-order valence-electron chi connectivity index (χ2n) is 14.9. The molecule has 294 valence electrons. The monoisotopic (exact) mass is 806 g/mol. The molecular formula is C57H34N4O2. The number of hydrogen-bond donors (Lipinski definition) is 3. The molecule has 6 nitrogen and oxygen atoms in total. The Kier molecular flexibility index (Phi) is 10.2. The summed E-state index contributed by atoms with van der Waals surface area (Å²) in [5.74, 6) is 18.6. The molecule has 0 fully saturated rings. The molecule has 63 heavy (non-hydrogen) atoms. The number of carboxylic acids is 1. The van der Waals surface area contributed by atoms with Gasteiger partial charge in [0.15, 0.2) is 0 Å². The Labute approximate surface area is 364 Å². The molecule has 0 amide bonds. The SMILES string of the molecule is O=C(O)c1ccc(C#Cc2ccc(C#Cc3ccc(C#Cc4c5nc(c(-c6ccccc6)c6ccc(cc7ccc([nH]7)c(-c7ccccc7)c7nc4C=C7)[nH]6)C=C5)cc3)cc2)cc1. The summed E-state index contributed by atoms with van der Waals surface area (Å²) >= 11 is 0. The zero-order chi connectivity index (χ0) is 42.5. The van der Waals surface area contributed by atoms with E-state index in [9.17, 15) is 4.79 Å². The van der Waals surface area contributed by atoms with E-state index >= 15 is 0 Å². The normalized spacial score (nSPS) is 11.1. The van der Waals surface area contributed by atoms with Gasteiger partial charge < -0.3 is 15.1 Å². The molecule has 6 heteroatoms. The molecule has 0 saturated heterocycles. The van der Waals surface area contributed by atoms with E-state index in [1.165, 1.54) is 0 Å². The maximum absolute atomic E-state index is 11.1. The van der Waals surface area contributed by atoms with Crippen molar-refractivity contribution in [1.29, 1.82) is 0 Å². The molecule has 0 saturated carbocycles. The lowest BCUT2D eigenvalue weighted by Gasteiger charge is -2.04. The van der Waals surface area contributed by atoms with Gasteiger partial charge in [-0.2, -0.15) is 0 Å². The van der Waals surface area contributed by atoms with Crippen LogP contribution in [0.3, 0.4) is 0 Å². The van der Waals surface area contributed by atoms with Crippen molar-refractivity contribution in [1.82, 2.24) is 19.9 Å². The minimum atomic E-state index is -0.960. The van der Waals surface area contributed by atoms with Crippen LogP contribution < -0.4 is 0 Å². The average molecular weight is 807 g/mol. The molecular weight excluding hydrogens is 773 g/mol. The first-order valence-corrected chi connectivity index (χ1v) is 20.3. The van der Waals surface area contributed by atoms with Gasteiger partial charge in [0.1, 0.15) is 0 Å². The van der Waals surface area contributed by atoms with Gasteiger partial charge in [0.25, 0.3) is 0 Å². The Balaban J connectivity index is 1.02. The topological polar surface area (TPSA) is 94.7 Å². The number of carbonyl (C=O) groups is 1. The van der Waals surface area contributed by atoms with Gasteiger partial charge in [-0.3, -0.25) is 0 Å². The molecule has 10 rings (SSSR count). The lowest BCUT2D eigenvalue weighted by molar-refractivity contribution is 0.0697. The number of aromatic amines is 2. The number of aromatic nitrogens is 4. The van der Waals surface area contributed by atoms with E-state index in [0.717, 1.165) is 100 Å². The summed E-state index contributed by atoms with van der Waals surface area (Å²) < 4.78 is 0. The van der Waals surface area contributed by atoms with Crippen molar-refractivity contribution in [3.05, 3.63) is 226 Å². The third-order valence-corrected chi connectivity index (χ3v) is 10.6. The van der Waals surface area contributed by atoms with E-state index in [1.807, 2.05) is 97.1 Å². The smallest absolute Gasteiger partial charge is 0.335 e. The van der Waals surface area contributed by atoms with Crippen LogP contribution in [0.1, 0.15) is 66.5 Å². The van der Waals surface area contributed by atoms with Crippen LogP contribution in [0.25, 0.3) is 68.6 Å². The quantitative estimate of drug-likeness (QED) is 0.155. The van der Waals surface area contributed by atoms with Crippen LogP contribution in [0.5, 0.6) is 0 Å². The lowest BCUT2D eigenvalue weighted by atomic mass is 10.0. The molecule has 8 aromatic rings. The Morgan fingerprint density at radius 3 is 1.17 bits per heavy atom. The van der Waals surface area contributed by atoms with Crippen molar-refractivity contribution in [2.75, 3.05) is 0 Å². The molecule has 0 atom stereocenters. The Morgan fingerprint density at radius 2 is 0.778 bits per heavy atom. The van der Waals surface area contributed by atoms with Gasteiger partial charge in [0.05, 0.1) is 33.9 Å². The van der Waals surface area contributed by atoms with Crippen molar-refractivity contribution >= 4 is 52.3 Å². The Bertz CT molecular complexity index is 3370. The van der Waals surface area contributed by atoms with Gasteiger partial charge in [0, 0.05) is 61.0 Å². The van der Waals surface area contributed by atoms with Crippen molar-refractivity contribution in [2.45, 2.75) is 0 Å². The minimum Gasteiger partial charge on any atom is -0.478 e. The molecule has 0 spiro atoms. The average Bonchev–Trinajstić information content (AvgIpc) is 4.18. The van der Waals surface area contributed by atoms with Crippen LogP contribution >= 0.6 is 0 Å². The van der Waals surface area contributed by atoms with Gasteiger partial charge in [-0.15, -0.1) is 0 Å². The third-order valence-electron chi connectivity index (χ3n) is 10.6. The second-order valence-corrected chi connectivity index (χ2v) is 14.9. The number of benzene rings is 5. The van der Waals surface area contributed by atoms with Crippen LogP contribution in [0.4, 0.5) is 0 Å². The number of hydrogen-bond acceptors (Lipinski definition) is 3. The molecule has 5 heterocycles. The molecule has 2 aliphatic rings. The maximum atomic E-state index is 11.1. The van der Waals surface area contributed by atoms with Crippen LogP contribution in [0, 0.1) is 35.5 Å². The number of fused-ring (bicyclic) bond motifs is 8. The van der Waals surface area contributed by atoms with Crippen LogP contribution in [0.2, 0.25) is 0 Å². The Morgan fingerprint density at radius 1 is 0.413 bits per heavy atom. The van der Waals surface area contributed by atoms with Crippen LogP contribution in [-0.4, -0.2) is 31.0 Å². The molecule has 2 aliphatic heterocycles. The van der Waals surface area contributed by atoms with Crippen molar-refractivity contribution in [3.8, 4) is 57.8 Å². The summed E-state index contributed by atoms with van der Waals surface area (Å²) in [6, 6.07) is 53.3. The Hall–Kier alpha value is -9.15. The highest BCUT2D eigenvalue weighted by Gasteiger charge is 2.17. The number of nitrogens with one attached hydrogen (secondary N) is 2. The fourth-order valence-electron chi connectivity index (χ4n) is 7.48. The lowest BCUT2D eigenvalue weighted by Crippen LogP contribution is -1.94. The predicted octanol–water partition coefficient (Wildman–Crippen LogP) is 11.9. The zero-order valence-electron chi connectivity index (χ0n) is 33.6. The highest BCUT2D eigenvalue weighted by molar-refractivity contribution is 5.94. The molecule has 3 N–H and O–H groups in total.